The van der Waals surface area contributed by atoms with E-state index in [0.29, 0.717) is 0 Å². The van der Waals surface area contributed by atoms with E-state index in [-0.39, 0.29) is 0 Å². The molecule has 0 aromatic heterocycles. The summed E-state index contributed by atoms with van der Waals surface area (Å²) in [5.74, 6) is -0.782. The highest BCUT2D eigenvalue weighted by Gasteiger charge is 2.22. The molecule has 4 nitrogen and oxygen atoms in total. The number of ether oxygens (including phenoxy) is 4. The van der Waals surface area contributed by atoms with Crippen LogP contribution in [0.2, 0.25) is 0 Å². The van der Waals surface area contributed by atoms with Crippen LogP contribution >= 0.6 is 0 Å². The summed E-state index contributed by atoms with van der Waals surface area (Å²) < 4.78 is 21.7. The number of unbranched alkanes of at least 4 members (excludes halogenated alkanes) is 18. The van der Waals surface area contributed by atoms with E-state index in [1.54, 1.807) is 28.4 Å². The smallest absolute Gasteiger partial charge is 0.164 e. The summed E-state index contributed by atoms with van der Waals surface area (Å²) in [6.45, 7) is 4.05. The minimum atomic E-state index is -0.391. The molecule has 0 atom stereocenters. The van der Waals surface area contributed by atoms with Crippen molar-refractivity contribution in [2.75, 3.05) is 28.4 Å². The molecule has 0 radical (unpaired) electrons. The maximum atomic E-state index is 5.41. The van der Waals surface area contributed by atoms with Gasteiger partial charge in [-0.1, -0.05) is 109 Å². The molecular formula is C29H60O4. The molecule has 0 aliphatic rings. The Morgan fingerprint density at radius 1 is 0.303 bits per heavy atom. The molecule has 0 aliphatic carbocycles. The SMILES string of the molecule is COC(C)(CCCCCCCCCCCCCCCCCCCCCC(C)(OC)OC)OC. The van der Waals surface area contributed by atoms with Crippen molar-refractivity contribution >= 4 is 0 Å². The van der Waals surface area contributed by atoms with Crippen LogP contribution in [-0.4, -0.2) is 40.0 Å². The molecular weight excluding hydrogens is 412 g/mol. The predicted molar refractivity (Wildman–Crippen MR) is 142 cm³/mol. The monoisotopic (exact) mass is 472 g/mol. The number of rotatable bonds is 26. The highest BCUT2D eigenvalue weighted by atomic mass is 16.7. The molecule has 0 spiro atoms. The van der Waals surface area contributed by atoms with Crippen LogP contribution in [0, 0.1) is 0 Å². The Bertz CT molecular complexity index is 355. The van der Waals surface area contributed by atoms with Crippen molar-refractivity contribution < 1.29 is 18.9 Å². The number of methoxy groups -OCH3 is 4. The van der Waals surface area contributed by atoms with Gasteiger partial charge in [0.15, 0.2) is 11.6 Å². The van der Waals surface area contributed by atoms with Gasteiger partial charge in [0, 0.05) is 41.3 Å². The third-order valence-electron chi connectivity index (χ3n) is 7.49. The molecule has 200 valence electrons. The first-order chi connectivity index (χ1) is 15.9. The molecule has 0 rings (SSSR count). The van der Waals surface area contributed by atoms with Gasteiger partial charge >= 0.3 is 0 Å². The van der Waals surface area contributed by atoms with Crippen LogP contribution in [0.4, 0.5) is 0 Å². The first kappa shape index (κ1) is 32.8. The second-order valence-corrected chi connectivity index (χ2v) is 10.3. The number of hydrogen-bond donors (Lipinski definition) is 0. The van der Waals surface area contributed by atoms with Gasteiger partial charge in [0.25, 0.3) is 0 Å². The molecule has 0 aliphatic heterocycles. The van der Waals surface area contributed by atoms with Crippen molar-refractivity contribution in [2.24, 2.45) is 0 Å². The van der Waals surface area contributed by atoms with Gasteiger partial charge in [-0.2, -0.15) is 0 Å². The lowest BCUT2D eigenvalue weighted by Crippen LogP contribution is -2.29. The summed E-state index contributed by atoms with van der Waals surface area (Å²) in [6, 6.07) is 0. The summed E-state index contributed by atoms with van der Waals surface area (Å²) in [6.07, 6.45) is 28.1. The van der Waals surface area contributed by atoms with Crippen LogP contribution in [0.15, 0.2) is 0 Å². The fourth-order valence-corrected chi connectivity index (χ4v) is 4.47. The first-order valence-corrected chi connectivity index (χ1v) is 14.2. The van der Waals surface area contributed by atoms with E-state index >= 15 is 0 Å². The molecule has 0 saturated carbocycles. The molecule has 0 heterocycles. The highest BCUT2D eigenvalue weighted by molar-refractivity contribution is 4.62. The molecule has 33 heavy (non-hydrogen) atoms. The lowest BCUT2D eigenvalue weighted by molar-refractivity contribution is -0.198. The molecule has 4 heteroatoms. The fourth-order valence-electron chi connectivity index (χ4n) is 4.47. The van der Waals surface area contributed by atoms with Crippen LogP contribution in [0.25, 0.3) is 0 Å². The Morgan fingerprint density at radius 3 is 0.606 bits per heavy atom. The van der Waals surface area contributed by atoms with Gasteiger partial charge in [-0.25, -0.2) is 0 Å². The van der Waals surface area contributed by atoms with Crippen molar-refractivity contribution in [3.63, 3.8) is 0 Å². The Kier molecular flexibility index (Phi) is 22.2. The van der Waals surface area contributed by atoms with E-state index in [1.165, 1.54) is 122 Å². The van der Waals surface area contributed by atoms with E-state index in [4.69, 9.17) is 18.9 Å². The summed E-state index contributed by atoms with van der Waals surface area (Å²) in [4.78, 5) is 0. The molecule has 0 aromatic carbocycles. The van der Waals surface area contributed by atoms with E-state index in [0.717, 1.165) is 12.8 Å². The standard InChI is InChI=1S/C29H60O4/c1-28(30-3,31-4)26-24-22-20-18-16-14-12-10-8-7-9-11-13-15-17-19-21-23-25-27-29(2,32-5)33-6/h7-27H2,1-6H3. The van der Waals surface area contributed by atoms with Crippen LogP contribution in [0.1, 0.15) is 149 Å². The minimum Gasteiger partial charge on any atom is -0.353 e. The Labute approximate surface area is 207 Å². The Balaban J connectivity index is 3.20. The average molecular weight is 473 g/mol. The normalized spacial score (nSPS) is 12.5. The average Bonchev–Trinajstić information content (AvgIpc) is 2.84. The van der Waals surface area contributed by atoms with Gasteiger partial charge in [0.1, 0.15) is 0 Å². The van der Waals surface area contributed by atoms with Gasteiger partial charge in [0.05, 0.1) is 0 Å². The van der Waals surface area contributed by atoms with Crippen LogP contribution in [0.5, 0.6) is 0 Å². The van der Waals surface area contributed by atoms with Gasteiger partial charge in [-0.15, -0.1) is 0 Å². The molecule has 0 aromatic rings. The second kappa shape index (κ2) is 22.3. The van der Waals surface area contributed by atoms with Gasteiger partial charge < -0.3 is 18.9 Å². The Morgan fingerprint density at radius 2 is 0.455 bits per heavy atom. The summed E-state index contributed by atoms with van der Waals surface area (Å²) >= 11 is 0. The van der Waals surface area contributed by atoms with E-state index in [1.807, 2.05) is 13.8 Å². The summed E-state index contributed by atoms with van der Waals surface area (Å²) in [5.41, 5.74) is 0. The van der Waals surface area contributed by atoms with Crippen molar-refractivity contribution in [1.82, 2.24) is 0 Å². The largest absolute Gasteiger partial charge is 0.353 e. The topological polar surface area (TPSA) is 36.9 Å². The Hall–Kier alpha value is -0.160. The van der Waals surface area contributed by atoms with Crippen LogP contribution in [0.3, 0.4) is 0 Å². The van der Waals surface area contributed by atoms with E-state index in [2.05, 4.69) is 0 Å². The third-order valence-corrected chi connectivity index (χ3v) is 7.49. The summed E-state index contributed by atoms with van der Waals surface area (Å²) in [5, 5.41) is 0. The van der Waals surface area contributed by atoms with Crippen molar-refractivity contribution in [3.05, 3.63) is 0 Å². The minimum absolute atomic E-state index is 0.391. The second-order valence-electron chi connectivity index (χ2n) is 10.3. The first-order valence-electron chi connectivity index (χ1n) is 14.2. The zero-order chi connectivity index (χ0) is 24.7. The maximum Gasteiger partial charge on any atom is 0.164 e. The molecule has 0 unspecified atom stereocenters. The fraction of sp³-hybridized carbons (Fsp3) is 1.00. The number of hydrogen-bond acceptors (Lipinski definition) is 4. The van der Waals surface area contributed by atoms with E-state index < -0.39 is 11.6 Å². The third kappa shape index (κ3) is 19.8. The molecule has 0 fully saturated rings. The lowest BCUT2D eigenvalue weighted by Gasteiger charge is -2.26. The molecule has 0 N–H and O–H groups in total. The van der Waals surface area contributed by atoms with Gasteiger partial charge in [0.2, 0.25) is 0 Å². The van der Waals surface area contributed by atoms with Crippen LogP contribution < -0.4 is 0 Å². The van der Waals surface area contributed by atoms with Gasteiger partial charge in [-0.05, 0) is 26.7 Å². The zero-order valence-electron chi connectivity index (χ0n) is 23.5. The highest BCUT2D eigenvalue weighted by Crippen LogP contribution is 2.21. The molecule has 0 amide bonds. The maximum absolute atomic E-state index is 5.41. The molecule has 0 saturated heterocycles. The zero-order valence-corrected chi connectivity index (χ0v) is 23.5. The lowest BCUT2D eigenvalue weighted by atomic mass is 10.0. The van der Waals surface area contributed by atoms with Crippen LogP contribution in [-0.2, 0) is 18.9 Å². The van der Waals surface area contributed by atoms with Crippen molar-refractivity contribution in [3.8, 4) is 0 Å². The molecule has 0 bridgehead atoms. The van der Waals surface area contributed by atoms with E-state index in [9.17, 15) is 0 Å². The van der Waals surface area contributed by atoms with Crippen molar-refractivity contribution in [1.29, 1.82) is 0 Å². The van der Waals surface area contributed by atoms with Gasteiger partial charge in [-0.3, -0.25) is 0 Å². The quantitative estimate of drug-likeness (QED) is 0.0928. The van der Waals surface area contributed by atoms with Crippen molar-refractivity contribution in [2.45, 2.75) is 160 Å². The summed E-state index contributed by atoms with van der Waals surface area (Å²) in [7, 11) is 6.93. The predicted octanol–water partition coefficient (Wildman–Crippen LogP) is 9.20.